The summed E-state index contributed by atoms with van der Waals surface area (Å²) in [4.78, 5) is 37.5. The molecule has 1 aromatic heterocycles. The number of halogens is 2. The van der Waals surface area contributed by atoms with E-state index in [0.717, 1.165) is 12.5 Å². The van der Waals surface area contributed by atoms with Crippen LogP contribution in [0.2, 0.25) is 5.02 Å². The second-order valence-corrected chi connectivity index (χ2v) is 6.84. The van der Waals surface area contributed by atoms with E-state index in [1.807, 2.05) is 6.92 Å². The SMILES string of the molecule is CCCNC(=O)c1cc(=O)n(CC(=O)Nc2ccc(F)c(Cl)c2)c2ccccc12. The maximum atomic E-state index is 13.3. The van der Waals surface area contributed by atoms with Crippen LogP contribution in [0.1, 0.15) is 23.7 Å². The number of fused-ring (bicyclic) bond motifs is 1. The maximum absolute atomic E-state index is 13.3. The van der Waals surface area contributed by atoms with Gasteiger partial charge in [0.25, 0.3) is 11.5 Å². The summed E-state index contributed by atoms with van der Waals surface area (Å²) in [5.74, 6) is -1.41. The molecular weight excluding hydrogens is 397 g/mol. The quantitative estimate of drug-likeness (QED) is 0.645. The lowest BCUT2D eigenvalue weighted by Gasteiger charge is -2.14. The minimum atomic E-state index is -0.594. The molecule has 0 unspecified atom stereocenters. The third kappa shape index (κ3) is 4.63. The number of aromatic nitrogens is 1. The summed E-state index contributed by atoms with van der Waals surface area (Å²) in [6, 6.07) is 11.9. The topological polar surface area (TPSA) is 80.2 Å². The van der Waals surface area contributed by atoms with Crippen LogP contribution in [-0.4, -0.2) is 22.9 Å². The second kappa shape index (κ2) is 8.87. The number of rotatable bonds is 6. The summed E-state index contributed by atoms with van der Waals surface area (Å²) in [5, 5.41) is 5.80. The standard InChI is InChI=1S/C21H19ClFN3O3/c1-2-9-24-21(29)15-11-20(28)26(18-6-4-3-5-14(15)18)12-19(27)25-13-7-8-17(23)16(22)10-13/h3-8,10-11H,2,9,12H2,1H3,(H,24,29)(H,25,27). The highest BCUT2D eigenvalue weighted by Gasteiger charge is 2.16. The molecule has 0 bridgehead atoms. The predicted octanol–water partition coefficient (Wildman–Crippen LogP) is 3.57. The van der Waals surface area contributed by atoms with Crippen molar-refractivity contribution in [2.75, 3.05) is 11.9 Å². The third-order valence-corrected chi connectivity index (χ3v) is 4.59. The van der Waals surface area contributed by atoms with Crippen LogP contribution >= 0.6 is 11.6 Å². The molecule has 3 aromatic rings. The van der Waals surface area contributed by atoms with E-state index in [1.165, 1.54) is 22.8 Å². The Morgan fingerprint density at radius 3 is 2.62 bits per heavy atom. The second-order valence-electron chi connectivity index (χ2n) is 6.43. The van der Waals surface area contributed by atoms with Gasteiger partial charge < -0.3 is 10.6 Å². The molecule has 6 nitrogen and oxygen atoms in total. The average molecular weight is 416 g/mol. The lowest BCUT2D eigenvalue weighted by Crippen LogP contribution is -2.31. The Balaban J connectivity index is 1.92. The number of carbonyl (C=O) groups is 2. The zero-order valence-corrected chi connectivity index (χ0v) is 16.4. The van der Waals surface area contributed by atoms with E-state index < -0.39 is 17.3 Å². The molecule has 2 N–H and O–H groups in total. The van der Waals surface area contributed by atoms with Gasteiger partial charge in [0.2, 0.25) is 5.91 Å². The van der Waals surface area contributed by atoms with Crippen molar-refractivity contribution < 1.29 is 14.0 Å². The number of anilines is 1. The predicted molar refractivity (Wildman–Crippen MR) is 111 cm³/mol. The van der Waals surface area contributed by atoms with Crippen LogP contribution in [0.4, 0.5) is 10.1 Å². The van der Waals surface area contributed by atoms with Gasteiger partial charge in [-0.25, -0.2) is 4.39 Å². The van der Waals surface area contributed by atoms with E-state index in [0.29, 0.717) is 23.1 Å². The molecular formula is C21H19ClFN3O3. The Hall–Kier alpha value is -3.19. The minimum absolute atomic E-state index is 0.118. The van der Waals surface area contributed by atoms with Gasteiger partial charge in [-0.05, 0) is 30.7 Å². The Morgan fingerprint density at radius 2 is 1.90 bits per heavy atom. The molecule has 0 saturated heterocycles. The van der Waals surface area contributed by atoms with Crippen molar-refractivity contribution in [2.24, 2.45) is 0 Å². The molecule has 1 heterocycles. The van der Waals surface area contributed by atoms with E-state index in [9.17, 15) is 18.8 Å². The summed E-state index contributed by atoms with van der Waals surface area (Å²) in [6.07, 6.45) is 0.772. The number of hydrogen-bond donors (Lipinski definition) is 2. The van der Waals surface area contributed by atoms with Crippen molar-refractivity contribution >= 4 is 40.0 Å². The Kier molecular flexibility index (Phi) is 6.29. The first-order valence-electron chi connectivity index (χ1n) is 9.06. The van der Waals surface area contributed by atoms with Gasteiger partial charge in [0.05, 0.1) is 16.1 Å². The smallest absolute Gasteiger partial charge is 0.252 e. The van der Waals surface area contributed by atoms with Crippen LogP contribution in [0.3, 0.4) is 0 Å². The number of benzene rings is 2. The summed E-state index contributed by atoms with van der Waals surface area (Å²) in [6.45, 7) is 2.16. The van der Waals surface area contributed by atoms with Crippen molar-refractivity contribution in [1.29, 1.82) is 0 Å². The molecule has 29 heavy (non-hydrogen) atoms. The zero-order valence-electron chi connectivity index (χ0n) is 15.7. The van der Waals surface area contributed by atoms with Crippen molar-refractivity contribution in [2.45, 2.75) is 19.9 Å². The molecule has 0 atom stereocenters. The van der Waals surface area contributed by atoms with Crippen LogP contribution in [0.5, 0.6) is 0 Å². The first-order chi connectivity index (χ1) is 13.9. The number of para-hydroxylation sites is 1. The fourth-order valence-electron chi connectivity index (χ4n) is 2.94. The van der Waals surface area contributed by atoms with Crippen LogP contribution < -0.4 is 16.2 Å². The lowest BCUT2D eigenvalue weighted by atomic mass is 10.1. The Labute approximate surface area is 171 Å². The highest BCUT2D eigenvalue weighted by atomic mass is 35.5. The van der Waals surface area contributed by atoms with E-state index >= 15 is 0 Å². The monoisotopic (exact) mass is 415 g/mol. The normalized spacial score (nSPS) is 10.7. The van der Waals surface area contributed by atoms with Crippen molar-refractivity contribution in [1.82, 2.24) is 9.88 Å². The molecule has 0 aliphatic carbocycles. The van der Waals surface area contributed by atoms with Crippen LogP contribution in [0.15, 0.2) is 53.3 Å². The van der Waals surface area contributed by atoms with Gasteiger partial charge in [0.1, 0.15) is 12.4 Å². The molecule has 8 heteroatoms. The van der Waals surface area contributed by atoms with Gasteiger partial charge in [0, 0.05) is 23.7 Å². The lowest BCUT2D eigenvalue weighted by molar-refractivity contribution is -0.116. The van der Waals surface area contributed by atoms with Crippen LogP contribution in [-0.2, 0) is 11.3 Å². The maximum Gasteiger partial charge on any atom is 0.252 e. The Morgan fingerprint density at radius 1 is 1.14 bits per heavy atom. The van der Waals surface area contributed by atoms with E-state index in [2.05, 4.69) is 10.6 Å². The molecule has 0 spiro atoms. The number of carbonyl (C=O) groups excluding carboxylic acids is 2. The first kappa shape index (κ1) is 20.5. The molecule has 2 amide bonds. The van der Waals surface area contributed by atoms with E-state index in [1.54, 1.807) is 24.3 Å². The minimum Gasteiger partial charge on any atom is -0.352 e. The number of nitrogens with one attached hydrogen (secondary N) is 2. The number of amides is 2. The number of nitrogens with zero attached hydrogens (tertiary/aromatic N) is 1. The fourth-order valence-corrected chi connectivity index (χ4v) is 3.12. The fraction of sp³-hybridized carbons (Fsp3) is 0.190. The molecule has 2 aromatic carbocycles. The summed E-state index contributed by atoms with van der Waals surface area (Å²) in [7, 11) is 0. The summed E-state index contributed by atoms with van der Waals surface area (Å²) >= 11 is 5.72. The molecule has 0 fully saturated rings. The third-order valence-electron chi connectivity index (χ3n) is 4.30. The van der Waals surface area contributed by atoms with Gasteiger partial charge in [-0.2, -0.15) is 0 Å². The van der Waals surface area contributed by atoms with Crippen molar-refractivity contribution in [3.63, 3.8) is 0 Å². The molecule has 0 radical (unpaired) electrons. The van der Waals surface area contributed by atoms with Crippen molar-refractivity contribution in [3.05, 3.63) is 75.3 Å². The summed E-state index contributed by atoms with van der Waals surface area (Å²) in [5.41, 5.74) is 0.571. The van der Waals surface area contributed by atoms with Gasteiger partial charge in [-0.15, -0.1) is 0 Å². The van der Waals surface area contributed by atoms with Crippen molar-refractivity contribution in [3.8, 4) is 0 Å². The molecule has 0 saturated carbocycles. The van der Waals surface area contributed by atoms with E-state index in [-0.39, 0.29) is 23.0 Å². The zero-order chi connectivity index (χ0) is 21.0. The molecule has 0 aliphatic rings. The van der Waals surface area contributed by atoms with Gasteiger partial charge in [0.15, 0.2) is 0 Å². The molecule has 3 rings (SSSR count). The van der Waals surface area contributed by atoms with Gasteiger partial charge in [-0.1, -0.05) is 36.7 Å². The largest absolute Gasteiger partial charge is 0.352 e. The average Bonchev–Trinajstić information content (AvgIpc) is 2.70. The number of hydrogen-bond acceptors (Lipinski definition) is 3. The molecule has 150 valence electrons. The first-order valence-corrected chi connectivity index (χ1v) is 9.44. The highest BCUT2D eigenvalue weighted by Crippen LogP contribution is 2.20. The molecule has 0 aliphatic heterocycles. The highest BCUT2D eigenvalue weighted by molar-refractivity contribution is 6.31. The van der Waals surface area contributed by atoms with Gasteiger partial charge in [-0.3, -0.25) is 19.0 Å². The van der Waals surface area contributed by atoms with Crippen LogP contribution in [0, 0.1) is 5.82 Å². The van der Waals surface area contributed by atoms with Crippen LogP contribution in [0.25, 0.3) is 10.9 Å². The Bertz CT molecular complexity index is 1140. The van der Waals surface area contributed by atoms with E-state index in [4.69, 9.17) is 11.6 Å². The van der Waals surface area contributed by atoms with Gasteiger partial charge >= 0.3 is 0 Å². The number of pyridine rings is 1. The summed E-state index contributed by atoms with van der Waals surface area (Å²) < 4.78 is 14.6.